The van der Waals surface area contributed by atoms with Gasteiger partial charge in [0.15, 0.2) is 11.5 Å². The molecule has 0 spiro atoms. The standard InChI is InChI=1S/C38H35ClN2O5/c1-5-43-34-20-25(13-18-32(34)44-23-26-8-6-7-9-31(26)39)36-29-17-16-28(21-33(29)46-37(41)30(36)22-40)45-35(42)19-12-24-10-14-27(15-11-24)38(2,3)4/h6-21,36H,5,23,41H2,1-4H3/b19-12+. The molecular weight excluding hydrogens is 600 g/mol. The lowest BCUT2D eigenvalue weighted by Crippen LogP contribution is -2.21. The summed E-state index contributed by atoms with van der Waals surface area (Å²) in [5.74, 6) is 0.593. The van der Waals surface area contributed by atoms with Crippen molar-refractivity contribution in [2.45, 2.75) is 45.6 Å². The molecule has 0 bridgehead atoms. The van der Waals surface area contributed by atoms with Gasteiger partial charge in [-0.05, 0) is 59.4 Å². The van der Waals surface area contributed by atoms with Gasteiger partial charge in [-0.25, -0.2) is 4.79 Å². The molecule has 8 heteroatoms. The average Bonchev–Trinajstić information content (AvgIpc) is 3.03. The quantitative estimate of drug-likeness (QED) is 0.112. The van der Waals surface area contributed by atoms with Gasteiger partial charge in [0.2, 0.25) is 5.88 Å². The number of rotatable bonds is 9. The fraction of sp³-hybridized carbons (Fsp3) is 0.211. The summed E-state index contributed by atoms with van der Waals surface area (Å²) in [4.78, 5) is 12.7. The third-order valence-electron chi connectivity index (χ3n) is 7.54. The predicted molar refractivity (Wildman–Crippen MR) is 179 cm³/mol. The number of nitrogens with zero attached hydrogens (tertiary/aromatic N) is 1. The minimum Gasteiger partial charge on any atom is -0.490 e. The van der Waals surface area contributed by atoms with E-state index in [2.05, 4.69) is 26.8 Å². The largest absolute Gasteiger partial charge is 0.490 e. The molecule has 0 saturated heterocycles. The summed E-state index contributed by atoms with van der Waals surface area (Å²) in [6.07, 6.45) is 3.08. The second-order valence-corrected chi connectivity index (χ2v) is 12.2. The highest BCUT2D eigenvalue weighted by Crippen LogP contribution is 2.45. The first-order chi connectivity index (χ1) is 22.1. The Hall–Kier alpha value is -5.19. The van der Waals surface area contributed by atoms with E-state index in [9.17, 15) is 10.1 Å². The van der Waals surface area contributed by atoms with Gasteiger partial charge in [0.05, 0.1) is 12.5 Å². The summed E-state index contributed by atoms with van der Waals surface area (Å²) in [6.45, 7) is 9.00. The van der Waals surface area contributed by atoms with E-state index in [-0.39, 0.29) is 29.2 Å². The molecule has 1 aliphatic rings. The van der Waals surface area contributed by atoms with E-state index in [0.717, 1.165) is 16.7 Å². The third-order valence-corrected chi connectivity index (χ3v) is 7.91. The SMILES string of the molecule is CCOc1cc(C2C(C#N)=C(N)Oc3cc(OC(=O)/C=C/c4ccc(C(C)(C)C)cc4)ccc32)ccc1OCc1ccccc1Cl. The molecule has 0 amide bonds. The molecule has 0 aromatic heterocycles. The van der Waals surface area contributed by atoms with Crippen LogP contribution >= 0.6 is 11.6 Å². The Kier molecular flexibility index (Phi) is 9.69. The van der Waals surface area contributed by atoms with Gasteiger partial charge in [-0.1, -0.05) is 87.0 Å². The summed E-state index contributed by atoms with van der Waals surface area (Å²) >= 11 is 6.31. The van der Waals surface area contributed by atoms with Crippen molar-refractivity contribution in [1.29, 1.82) is 5.26 Å². The molecule has 1 atom stereocenters. The molecule has 0 aliphatic carbocycles. The number of nitrogens with two attached hydrogens (primary N) is 1. The van der Waals surface area contributed by atoms with Gasteiger partial charge in [0, 0.05) is 28.3 Å². The molecule has 4 aromatic rings. The lowest BCUT2D eigenvalue weighted by atomic mass is 9.83. The number of esters is 1. The zero-order chi connectivity index (χ0) is 32.8. The fourth-order valence-corrected chi connectivity index (χ4v) is 5.30. The minimum absolute atomic E-state index is 0.0286. The van der Waals surface area contributed by atoms with Crippen molar-refractivity contribution < 1.29 is 23.7 Å². The lowest BCUT2D eigenvalue weighted by molar-refractivity contribution is -0.128. The summed E-state index contributed by atoms with van der Waals surface area (Å²) < 4.78 is 23.4. The van der Waals surface area contributed by atoms with Crippen LogP contribution in [0.4, 0.5) is 0 Å². The molecule has 4 aromatic carbocycles. The van der Waals surface area contributed by atoms with Crippen molar-refractivity contribution >= 4 is 23.6 Å². The molecule has 0 saturated carbocycles. The molecule has 5 rings (SSSR count). The van der Waals surface area contributed by atoms with Gasteiger partial charge >= 0.3 is 5.97 Å². The van der Waals surface area contributed by atoms with Crippen LogP contribution < -0.4 is 24.7 Å². The number of benzene rings is 4. The molecule has 0 radical (unpaired) electrons. The number of halogens is 1. The maximum Gasteiger partial charge on any atom is 0.336 e. The van der Waals surface area contributed by atoms with Gasteiger partial charge in [0.25, 0.3) is 0 Å². The summed E-state index contributed by atoms with van der Waals surface area (Å²) in [6, 6.07) is 28.2. The maximum atomic E-state index is 12.7. The van der Waals surface area contributed by atoms with Gasteiger partial charge < -0.3 is 24.7 Å². The number of carbonyl (C=O) groups excluding carboxylic acids is 1. The van der Waals surface area contributed by atoms with Crippen molar-refractivity contribution in [3.63, 3.8) is 0 Å². The topological polar surface area (TPSA) is 104 Å². The van der Waals surface area contributed by atoms with E-state index in [4.69, 9.17) is 36.3 Å². The molecule has 7 nitrogen and oxygen atoms in total. The monoisotopic (exact) mass is 634 g/mol. The Morgan fingerprint density at radius 2 is 1.76 bits per heavy atom. The molecular formula is C38H35ClN2O5. The second kappa shape index (κ2) is 13.8. The van der Waals surface area contributed by atoms with Crippen molar-refractivity contribution in [1.82, 2.24) is 0 Å². The summed E-state index contributed by atoms with van der Waals surface area (Å²) in [5.41, 5.74) is 10.9. The highest BCUT2D eigenvalue weighted by molar-refractivity contribution is 6.31. The van der Waals surface area contributed by atoms with Crippen LogP contribution in [-0.2, 0) is 16.8 Å². The van der Waals surface area contributed by atoms with Crippen LogP contribution in [0.15, 0.2) is 102 Å². The number of hydrogen-bond acceptors (Lipinski definition) is 7. The molecule has 1 aliphatic heterocycles. The lowest BCUT2D eigenvalue weighted by Gasteiger charge is -2.27. The Balaban J connectivity index is 1.37. The highest BCUT2D eigenvalue weighted by atomic mass is 35.5. The predicted octanol–water partition coefficient (Wildman–Crippen LogP) is 8.45. The van der Waals surface area contributed by atoms with Gasteiger partial charge in [-0.15, -0.1) is 0 Å². The van der Waals surface area contributed by atoms with Crippen LogP contribution in [0.1, 0.15) is 61.4 Å². The van der Waals surface area contributed by atoms with Crippen LogP contribution in [0, 0.1) is 11.3 Å². The van der Waals surface area contributed by atoms with E-state index < -0.39 is 11.9 Å². The molecule has 234 valence electrons. The third kappa shape index (κ3) is 7.36. The molecule has 2 N–H and O–H groups in total. The number of ether oxygens (including phenoxy) is 4. The highest BCUT2D eigenvalue weighted by Gasteiger charge is 2.32. The van der Waals surface area contributed by atoms with Crippen molar-refractivity contribution in [2.75, 3.05) is 6.61 Å². The maximum absolute atomic E-state index is 12.7. The first-order valence-electron chi connectivity index (χ1n) is 14.9. The van der Waals surface area contributed by atoms with Gasteiger partial charge in [-0.2, -0.15) is 5.26 Å². The van der Waals surface area contributed by atoms with E-state index in [0.29, 0.717) is 34.4 Å². The van der Waals surface area contributed by atoms with Crippen molar-refractivity contribution in [3.8, 4) is 29.1 Å². The van der Waals surface area contributed by atoms with Crippen LogP contribution in [0.2, 0.25) is 5.02 Å². The van der Waals surface area contributed by atoms with Gasteiger partial charge in [0.1, 0.15) is 29.7 Å². The van der Waals surface area contributed by atoms with Crippen LogP contribution in [-0.4, -0.2) is 12.6 Å². The van der Waals surface area contributed by atoms with Crippen LogP contribution in [0.3, 0.4) is 0 Å². The van der Waals surface area contributed by atoms with Crippen LogP contribution in [0.25, 0.3) is 6.08 Å². The van der Waals surface area contributed by atoms with Gasteiger partial charge in [-0.3, -0.25) is 0 Å². The summed E-state index contributed by atoms with van der Waals surface area (Å²) in [7, 11) is 0. The average molecular weight is 635 g/mol. The zero-order valence-electron chi connectivity index (χ0n) is 26.2. The Morgan fingerprint density at radius 1 is 1.00 bits per heavy atom. The second-order valence-electron chi connectivity index (χ2n) is 11.8. The fourth-order valence-electron chi connectivity index (χ4n) is 5.11. The molecule has 46 heavy (non-hydrogen) atoms. The number of allylic oxidation sites excluding steroid dienone is 1. The smallest absolute Gasteiger partial charge is 0.336 e. The molecule has 1 unspecified atom stereocenters. The molecule has 1 heterocycles. The molecule has 0 fully saturated rings. The van der Waals surface area contributed by atoms with Crippen LogP contribution in [0.5, 0.6) is 23.0 Å². The normalized spacial score (nSPS) is 14.3. The Labute approximate surface area is 274 Å². The first-order valence-corrected chi connectivity index (χ1v) is 15.3. The number of carbonyl (C=O) groups is 1. The number of fused-ring (bicyclic) bond motifs is 1. The zero-order valence-corrected chi connectivity index (χ0v) is 26.9. The Morgan fingerprint density at radius 3 is 2.46 bits per heavy atom. The minimum atomic E-state index is -0.550. The Bertz CT molecular complexity index is 1850. The number of hydrogen-bond donors (Lipinski definition) is 1. The first kappa shape index (κ1) is 32.2. The van der Waals surface area contributed by atoms with Crippen molar-refractivity contribution in [2.24, 2.45) is 5.73 Å². The summed E-state index contributed by atoms with van der Waals surface area (Å²) in [5, 5.41) is 10.7. The van der Waals surface area contributed by atoms with E-state index in [1.807, 2.05) is 67.6 Å². The van der Waals surface area contributed by atoms with E-state index >= 15 is 0 Å². The number of nitriles is 1. The van der Waals surface area contributed by atoms with E-state index in [1.165, 1.54) is 11.6 Å². The van der Waals surface area contributed by atoms with Crippen molar-refractivity contribution in [3.05, 3.63) is 135 Å². The van der Waals surface area contributed by atoms with E-state index in [1.54, 1.807) is 30.3 Å².